The number of nitrogens with one attached hydrogen (secondary N) is 2. The predicted octanol–water partition coefficient (Wildman–Crippen LogP) is 1.64. The van der Waals surface area contributed by atoms with Crippen molar-refractivity contribution in [2.45, 2.75) is 30.7 Å². The van der Waals surface area contributed by atoms with Gasteiger partial charge in [-0.2, -0.15) is 0 Å². The monoisotopic (exact) mass is 340 g/mol. The molecule has 2 aliphatic rings. The highest BCUT2D eigenvalue weighted by Crippen LogP contribution is 2.50. The second kappa shape index (κ2) is 7.99. The van der Waals surface area contributed by atoms with Gasteiger partial charge in [0.15, 0.2) is 0 Å². The number of amides is 1. The summed E-state index contributed by atoms with van der Waals surface area (Å²) in [7, 11) is 1.70. The molecule has 128 valence electrons. The van der Waals surface area contributed by atoms with Crippen LogP contribution in [-0.2, 0) is 14.9 Å². The molecule has 5 nitrogen and oxygen atoms in total. The van der Waals surface area contributed by atoms with Crippen LogP contribution >= 0.6 is 12.4 Å². The van der Waals surface area contributed by atoms with Crippen molar-refractivity contribution in [2.75, 3.05) is 33.4 Å². The van der Waals surface area contributed by atoms with E-state index in [0.717, 1.165) is 31.7 Å². The standard InChI is InChI=1S/C17H24N2O3.ClH/c1-21-15-5-3-2-4-14(15)17(6-7-17)12-19-16(20)10-13-11-22-9-8-18-13;/h2-5,13,18H,6-12H2,1H3,(H,19,20);1H. The van der Waals surface area contributed by atoms with Crippen molar-refractivity contribution in [3.05, 3.63) is 29.8 Å². The molecular formula is C17H25ClN2O3. The Hall–Kier alpha value is -1.30. The number of methoxy groups -OCH3 is 1. The van der Waals surface area contributed by atoms with E-state index in [0.29, 0.717) is 19.6 Å². The first-order valence-corrected chi connectivity index (χ1v) is 7.95. The molecule has 1 heterocycles. The molecule has 0 bridgehead atoms. The van der Waals surface area contributed by atoms with E-state index in [1.54, 1.807) is 7.11 Å². The van der Waals surface area contributed by atoms with Crippen LogP contribution in [0, 0.1) is 0 Å². The van der Waals surface area contributed by atoms with E-state index in [2.05, 4.69) is 16.7 Å². The minimum atomic E-state index is 0. The minimum Gasteiger partial charge on any atom is -0.496 e. The fourth-order valence-electron chi connectivity index (χ4n) is 3.09. The van der Waals surface area contributed by atoms with Crippen LogP contribution in [0.4, 0.5) is 0 Å². The van der Waals surface area contributed by atoms with E-state index < -0.39 is 0 Å². The smallest absolute Gasteiger partial charge is 0.221 e. The molecule has 1 unspecified atom stereocenters. The summed E-state index contributed by atoms with van der Waals surface area (Å²) in [6.45, 7) is 2.85. The number of ether oxygens (including phenoxy) is 2. The Morgan fingerprint density at radius 3 is 2.87 bits per heavy atom. The van der Waals surface area contributed by atoms with Gasteiger partial charge in [0.05, 0.1) is 20.3 Å². The van der Waals surface area contributed by atoms with Gasteiger partial charge in [0.1, 0.15) is 5.75 Å². The van der Waals surface area contributed by atoms with Gasteiger partial charge in [0, 0.05) is 36.5 Å². The zero-order valence-corrected chi connectivity index (χ0v) is 14.3. The summed E-state index contributed by atoms with van der Waals surface area (Å²) in [5, 5.41) is 6.40. The molecule has 1 aliphatic heterocycles. The van der Waals surface area contributed by atoms with Crippen LogP contribution in [0.15, 0.2) is 24.3 Å². The van der Waals surface area contributed by atoms with Crippen molar-refractivity contribution in [1.29, 1.82) is 0 Å². The second-order valence-electron chi connectivity index (χ2n) is 6.19. The zero-order valence-electron chi connectivity index (χ0n) is 13.5. The molecular weight excluding hydrogens is 316 g/mol. The topological polar surface area (TPSA) is 59.6 Å². The van der Waals surface area contributed by atoms with E-state index >= 15 is 0 Å². The maximum atomic E-state index is 12.1. The largest absolute Gasteiger partial charge is 0.496 e. The molecule has 0 spiro atoms. The third-order valence-electron chi connectivity index (χ3n) is 4.59. The maximum absolute atomic E-state index is 12.1. The van der Waals surface area contributed by atoms with Crippen LogP contribution in [0.5, 0.6) is 5.75 Å². The lowest BCUT2D eigenvalue weighted by Gasteiger charge is -2.24. The first kappa shape index (κ1) is 18.0. The van der Waals surface area contributed by atoms with Gasteiger partial charge >= 0.3 is 0 Å². The fourth-order valence-corrected chi connectivity index (χ4v) is 3.09. The van der Waals surface area contributed by atoms with Gasteiger partial charge in [-0.05, 0) is 18.9 Å². The van der Waals surface area contributed by atoms with Gasteiger partial charge in [-0.25, -0.2) is 0 Å². The van der Waals surface area contributed by atoms with Crippen molar-refractivity contribution in [3.8, 4) is 5.75 Å². The van der Waals surface area contributed by atoms with E-state index in [-0.39, 0.29) is 29.8 Å². The van der Waals surface area contributed by atoms with Crippen molar-refractivity contribution >= 4 is 18.3 Å². The highest BCUT2D eigenvalue weighted by atomic mass is 35.5. The van der Waals surface area contributed by atoms with E-state index in [4.69, 9.17) is 9.47 Å². The van der Waals surface area contributed by atoms with Gasteiger partial charge < -0.3 is 20.1 Å². The lowest BCUT2D eigenvalue weighted by molar-refractivity contribution is -0.122. The molecule has 6 heteroatoms. The Morgan fingerprint density at radius 1 is 1.43 bits per heavy atom. The van der Waals surface area contributed by atoms with E-state index in [1.165, 1.54) is 5.56 Å². The molecule has 0 aromatic heterocycles. The molecule has 2 N–H and O–H groups in total. The van der Waals surface area contributed by atoms with Crippen LogP contribution in [0.1, 0.15) is 24.8 Å². The van der Waals surface area contributed by atoms with Crippen molar-refractivity contribution in [2.24, 2.45) is 0 Å². The van der Waals surface area contributed by atoms with E-state index in [1.807, 2.05) is 18.2 Å². The van der Waals surface area contributed by atoms with Gasteiger partial charge in [-0.15, -0.1) is 12.4 Å². The average Bonchev–Trinajstić information content (AvgIpc) is 3.35. The molecule has 1 saturated carbocycles. The first-order valence-electron chi connectivity index (χ1n) is 7.95. The molecule has 1 amide bonds. The summed E-state index contributed by atoms with van der Waals surface area (Å²) >= 11 is 0. The summed E-state index contributed by atoms with van der Waals surface area (Å²) in [4.78, 5) is 12.1. The maximum Gasteiger partial charge on any atom is 0.221 e. The number of halogens is 1. The minimum absolute atomic E-state index is 0. The van der Waals surface area contributed by atoms with Crippen molar-refractivity contribution < 1.29 is 14.3 Å². The number of carbonyl (C=O) groups is 1. The highest BCUT2D eigenvalue weighted by molar-refractivity contribution is 5.85. The summed E-state index contributed by atoms with van der Waals surface area (Å²) < 4.78 is 10.8. The Labute approximate surface area is 143 Å². The van der Waals surface area contributed by atoms with Gasteiger partial charge in [-0.3, -0.25) is 4.79 Å². The Balaban J connectivity index is 0.00000192. The summed E-state index contributed by atoms with van der Waals surface area (Å²) in [5.41, 5.74) is 1.26. The summed E-state index contributed by atoms with van der Waals surface area (Å²) in [5.74, 6) is 1.00. The number of hydrogen-bond acceptors (Lipinski definition) is 4. The summed E-state index contributed by atoms with van der Waals surface area (Å²) in [6, 6.07) is 8.24. The lowest BCUT2D eigenvalue weighted by atomic mass is 9.94. The quantitative estimate of drug-likeness (QED) is 0.826. The molecule has 1 atom stereocenters. The molecule has 1 aromatic rings. The Bertz CT molecular complexity index is 528. The number of rotatable bonds is 6. The highest BCUT2D eigenvalue weighted by Gasteiger charge is 2.46. The molecule has 1 saturated heterocycles. The number of benzene rings is 1. The lowest BCUT2D eigenvalue weighted by Crippen LogP contribution is -2.45. The third-order valence-corrected chi connectivity index (χ3v) is 4.59. The number of morpholine rings is 1. The van der Waals surface area contributed by atoms with Gasteiger partial charge in [-0.1, -0.05) is 18.2 Å². The SMILES string of the molecule is COc1ccccc1C1(CNC(=O)CC2COCCN2)CC1.Cl. The number of hydrogen-bond donors (Lipinski definition) is 2. The normalized spacial score (nSPS) is 21.9. The molecule has 0 radical (unpaired) electrons. The molecule has 2 fully saturated rings. The van der Waals surface area contributed by atoms with Crippen molar-refractivity contribution in [1.82, 2.24) is 10.6 Å². The number of carbonyl (C=O) groups excluding carboxylic acids is 1. The predicted molar refractivity (Wildman–Crippen MR) is 91.4 cm³/mol. The molecule has 1 aromatic carbocycles. The van der Waals surface area contributed by atoms with Crippen LogP contribution in [0.2, 0.25) is 0 Å². The third kappa shape index (κ3) is 4.37. The van der Waals surface area contributed by atoms with Gasteiger partial charge in [0.25, 0.3) is 0 Å². The average molecular weight is 341 g/mol. The molecule has 3 rings (SSSR count). The van der Waals surface area contributed by atoms with Gasteiger partial charge in [0.2, 0.25) is 5.91 Å². The zero-order chi connectivity index (χ0) is 15.4. The first-order chi connectivity index (χ1) is 10.7. The van der Waals surface area contributed by atoms with Crippen molar-refractivity contribution in [3.63, 3.8) is 0 Å². The van der Waals surface area contributed by atoms with E-state index in [9.17, 15) is 4.79 Å². The Kier molecular flexibility index (Phi) is 6.27. The molecule has 1 aliphatic carbocycles. The fraction of sp³-hybridized carbons (Fsp3) is 0.588. The number of para-hydroxylation sites is 1. The van der Waals surface area contributed by atoms with Crippen LogP contribution < -0.4 is 15.4 Å². The van der Waals surface area contributed by atoms with Crippen LogP contribution in [-0.4, -0.2) is 45.4 Å². The van der Waals surface area contributed by atoms with Crippen LogP contribution in [0.3, 0.4) is 0 Å². The second-order valence-corrected chi connectivity index (χ2v) is 6.19. The molecule has 23 heavy (non-hydrogen) atoms. The summed E-state index contributed by atoms with van der Waals surface area (Å²) in [6.07, 6.45) is 2.67. The Morgan fingerprint density at radius 2 is 2.22 bits per heavy atom. The van der Waals surface area contributed by atoms with Crippen LogP contribution in [0.25, 0.3) is 0 Å².